The Balaban J connectivity index is 1.22. The SMILES string of the molecule is CCCCC(CC)COc1ccc(-c2ccc3c(c2)c2cc(-c4ccc(OCC(CC)CCCC)cc4)ccc2n3-c2ccc(-c3ccc(C(=O)O)cc3)cc2)cc1. The standard InChI is InChI=1S/C53H57NO4/c1-5-9-11-37(7-3)35-57-47-27-19-41(20-28-47)44-23-31-51-49(33-44)50-34-45(42-21-29-48(30-22-42)58-36-38(8-4)12-10-6-2)24-32-52(50)54(51)46-25-17-40(18-26-46)39-13-15-43(16-14-39)53(55)56/h13-34,37-38H,5-12,35-36H2,1-4H3,(H,55,56). The molecule has 0 saturated carbocycles. The number of ether oxygens (including phenoxy) is 2. The minimum Gasteiger partial charge on any atom is -0.493 e. The average Bonchev–Trinajstić information content (AvgIpc) is 3.60. The number of aromatic carboxylic acids is 1. The summed E-state index contributed by atoms with van der Waals surface area (Å²) in [5.41, 5.74) is 10.2. The molecule has 1 aromatic heterocycles. The van der Waals surface area contributed by atoms with Gasteiger partial charge in [-0.1, -0.05) is 127 Å². The van der Waals surface area contributed by atoms with Crippen molar-refractivity contribution in [3.63, 3.8) is 0 Å². The molecule has 298 valence electrons. The fourth-order valence-corrected chi connectivity index (χ4v) is 7.98. The lowest BCUT2D eigenvalue weighted by molar-refractivity contribution is 0.0697. The molecule has 5 heteroatoms. The molecule has 0 bridgehead atoms. The van der Waals surface area contributed by atoms with Crippen molar-refractivity contribution < 1.29 is 19.4 Å². The lowest BCUT2D eigenvalue weighted by Gasteiger charge is -2.15. The normalized spacial score (nSPS) is 12.5. The monoisotopic (exact) mass is 771 g/mol. The minimum absolute atomic E-state index is 0.281. The van der Waals surface area contributed by atoms with Gasteiger partial charge in [-0.05, 0) is 131 Å². The Morgan fingerprint density at radius 3 is 1.29 bits per heavy atom. The second kappa shape index (κ2) is 19.1. The van der Waals surface area contributed by atoms with Gasteiger partial charge in [-0.2, -0.15) is 0 Å². The first-order chi connectivity index (χ1) is 28.4. The Labute approximate surface area is 344 Å². The number of unbranched alkanes of at least 4 members (excludes halogenated alkanes) is 2. The zero-order chi connectivity index (χ0) is 40.4. The van der Waals surface area contributed by atoms with Crippen LogP contribution in [0.4, 0.5) is 0 Å². The number of nitrogens with zero attached hydrogens (tertiary/aromatic N) is 1. The summed E-state index contributed by atoms with van der Waals surface area (Å²) in [6.07, 6.45) is 9.63. The summed E-state index contributed by atoms with van der Waals surface area (Å²) in [5.74, 6) is 2.09. The van der Waals surface area contributed by atoms with Crippen molar-refractivity contribution in [2.75, 3.05) is 13.2 Å². The van der Waals surface area contributed by atoms with Crippen LogP contribution in [0, 0.1) is 11.8 Å². The van der Waals surface area contributed by atoms with E-state index in [1.807, 2.05) is 12.1 Å². The fraction of sp³-hybridized carbons (Fsp3) is 0.302. The number of aromatic nitrogens is 1. The van der Waals surface area contributed by atoms with Gasteiger partial charge < -0.3 is 19.1 Å². The molecule has 0 amide bonds. The second-order valence-corrected chi connectivity index (χ2v) is 15.7. The number of hydrogen-bond acceptors (Lipinski definition) is 3. The molecule has 1 heterocycles. The van der Waals surface area contributed by atoms with E-state index in [9.17, 15) is 9.90 Å². The molecule has 1 N–H and O–H groups in total. The molecular formula is C53H57NO4. The average molecular weight is 772 g/mol. The third kappa shape index (κ3) is 9.31. The number of benzene rings is 6. The van der Waals surface area contributed by atoms with Crippen molar-refractivity contribution in [3.05, 3.63) is 139 Å². The van der Waals surface area contributed by atoms with Crippen molar-refractivity contribution in [3.8, 4) is 50.6 Å². The molecule has 2 atom stereocenters. The summed E-state index contributed by atoms with van der Waals surface area (Å²) in [5, 5.41) is 11.7. The molecule has 5 nitrogen and oxygen atoms in total. The van der Waals surface area contributed by atoms with Crippen LogP contribution in [0.15, 0.2) is 133 Å². The zero-order valence-electron chi connectivity index (χ0n) is 34.5. The highest BCUT2D eigenvalue weighted by atomic mass is 16.5. The van der Waals surface area contributed by atoms with Crippen molar-refractivity contribution in [2.45, 2.75) is 79.1 Å². The maximum absolute atomic E-state index is 11.4. The van der Waals surface area contributed by atoms with Gasteiger partial charge >= 0.3 is 5.97 Å². The Hall–Kier alpha value is -5.81. The smallest absolute Gasteiger partial charge is 0.335 e. The van der Waals surface area contributed by atoms with Gasteiger partial charge in [0.1, 0.15) is 11.5 Å². The van der Waals surface area contributed by atoms with Gasteiger partial charge in [0.15, 0.2) is 0 Å². The quantitative estimate of drug-likeness (QED) is 0.0889. The maximum Gasteiger partial charge on any atom is 0.335 e. The summed E-state index contributed by atoms with van der Waals surface area (Å²) < 4.78 is 14.8. The minimum atomic E-state index is -0.923. The van der Waals surface area contributed by atoms with Gasteiger partial charge in [0, 0.05) is 16.5 Å². The van der Waals surface area contributed by atoms with Crippen LogP contribution in [-0.4, -0.2) is 28.9 Å². The molecule has 0 fully saturated rings. The van der Waals surface area contributed by atoms with Gasteiger partial charge in [0.25, 0.3) is 0 Å². The molecule has 0 radical (unpaired) electrons. The topological polar surface area (TPSA) is 60.7 Å². The number of rotatable bonds is 19. The summed E-state index contributed by atoms with van der Waals surface area (Å²) in [4.78, 5) is 11.4. The highest BCUT2D eigenvalue weighted by Gasteiger charge is 2.16. The summed E-state index contributed by atoms with van der Waals surface area (Å²) in [6.45, 7) is 10.5. The number of carbonyl (C=O) groups is 1. The molecule has 0 aliphatic rings. The van der Waals surface area contributed by atoms with Crippen LogP contribution in [0.2, 0.25) is 0 Å². The molecule has 0 spiro atoms. The van der Waals surface area contributed by atoms with Crippen molar-refractivity contribution in [1.29, 1.82) is 0 Å². The van der Waals surface area contributed by atoms with E-state index in [0.29, 0.717) is 11.8 Å². The van der Waals surface area contributed by atoms with E-state index >= 15 is 0 Å². The third-order valence-electron chi connectivity index (χ3n) is 11.8. The Morgan fingerprint density at radius 1 is 0.517 bits per heavy atom. The van der Waals surface area contributed by atoms with Crippen LogP contribution in [0.5, 0.6) is 11.5 Å². The fourth-order valence-electron chi connectivity index (χ4n) is 7.98. The number of carboxylic acid groups (broad SMARTS) is 1. The molecule has 7 aromatic rings. The predicted molar refractivity (Wildman–Crippen MR) is 242 cm³/mol. The van der Waals surface area contributed by atoms with E-state index in [1.54, 1.807) is 12.1 Å². The van der Waals surface area contributed by atoms with Crippen LogP contribution in [0.3, 0.4) is 0 Å². The van der Waals surface area contributed by atoms with Crippen LogP contribution in [-0.2, 0) is 0 Å². The second-order valence-electron chi connectivity index (χ2n) is 15.7. The third-order valence-corrected chi connectivity index (χ3v) is 11.8. The Bertz CT molecular complexity index is 2290. The van der Waals surface area contributed by atoms with E-state index in [1.165, 1.54) is 49.3 Å². The first kappa shape index (κ1) is 40.4. The molecule has 6 aromatic carbocycles. The van der Waals surface area contributed by atoms with Crippen molar-refractivity contribution >= 4 is 27.8 Å². The van der Waals surface area contributed by atoms with Crippen LogP contribution >= 0.6 is 0 Å². The van der Waals surface area contributed by atoms with E-state index in [4.69, 9.17) is 9.47 Å². The van der Waals surface area contributed by atoms with E-state index < -0.39 is 5.97 Å². The van der Waals surface area contributed by atoms with Gasteiger partial charge in [0.05, 0.1) is 29.8 Å². The summed E-state index contributed by atoms with van der Waals surface area (Å²) in [7, 11) is 0. The van der Waals surface area contributed by atoms with Crippen LogP contribution in [0.25, 0.3) is 60.9 Å². The first-order valence-electron chi connectivity index (χ1n) is 21.4. The van der Waals surface area contributed by atoms with E-state index in [0.717, 1.165) is 87.7 Å². The molecule has 0 aliphatic carbocycles. The van der Waals surface area contributed by atoms with Gasteiger partial charge in [-0.3, -0.25) is 0 Å². The molecule has 0 saturated heterocycles. The lowest BCUT2D eigenvalue weighted by Crippen LogP contribution is -2.11. The van der Waals surface area contributed by atoms with E-state index in [-0.39, 0.29) is 5.56 Å². The summed E-state index contributed by atoms with van der Waals surface area (Å²) >= 11 is 0. The molecule has 7 rings (SSSR count). The van der Waals surface area contributed by atoms with Gasteiger partial charge in [-0.25, -0.2) is 4.79 Å². The van der Waals surface area contributed by atoms with Crippen LogP contribution < -0.4 is 9.47 Å². The van der Waals surface area contributed by atoms with Crippen molar-refractivity contribution in [2.24, 2.45) is 11.8 Å². The van der Waals surface area contributed by atoms with Gasteiger partial charge in [0.2, 0.25) is 0 Å². The number of hydrogen-bond donors (Lipinski definition) is 1. The van der Waals surface area contributed by atoms with Gasteiger partial charge in [-0.15, -0.1) is 0 Å². The predicted octanol–water partition coefficient (Wildman–Crippen LogP) is 14.7. The van der Waals surface area contributed by atoms with Crippen molar-refractivity contribution in [1.82, 2.24) is 4.57 Å². The molecule has 0 aliphatic heterocycles. The maximum atomic E-state index is 11.4. The summed E-state index contributed by atoms with van der Waals surface area (Å²) in [6, 6.07) is 46.2. The Morgan fingerprint density at radius 2 is 0.897 bits per heavy atom. The van der Waals surface area contributed by atoms with Crippen LogP contribution in [0.1, 0.15) is 89.4 Å². The van der Waals surface area contributed by atoms with E-state index in [2.05, 4.69) is 141 Å². The number of fused-ring (bicyclic) bond motifs is 3. The molecule has 2 unspecified atom stereocenters. The highest BCUT2D eigenvalue weighted by Crippen LogP contribution is 2.38. The lowest BCUT2D eigenvalue weighted by atomic mass is 10.00. The molecular weight excluding hydrogens is 715 g/mol. The number of carboxylic acids is 1. The Kier molecular flexibility index (Phi) is 13.3. The first-order valence-corrected chi connectivity index (χ1v) is 21.4. The molecule has 58 heavy (non-hydrogen) atoms. The highest BCUT2D eigenvalue weighted by molar-refractivity contribution is 6.11. The zero-order valence-corrected chi connectivity index (χ0v) is 34.5. The largest absolute Gasteiger partial charge is 0.493 e.